The molecule has 0 aromatic heterocycles. The van der Waals surface area contributed by atoms with E-state index in [1.807, 2.05) is 13.8 Å². The van der Waals surface area contributed by atoms with Crippen molar-refractivity contribution in [3.8, 4) is 6.07 Å². The van der Waals surface area contributed by atoms with Crippen molar-refractivity contribution in [3.63, 3.8) is 0 Å². The number of hydrogen-bond donors (Lipinski definition) is 1. The van der Waals surface area contributed by atoms with Crippen molar-refractivity contribution in [1.82, 2.24) is 4.90 Å². The van der Waals surface area contributed by atoms with Crippen molar-refractivity contribution in [2.24, 2.45) is 11.3 Å². The number of likely N-dealkylation sites (tertiary alicyclic amines) is 1. The minimum Gasteiger partial charge on any atom is -0.396 e. The van der Waals surface area contributed by atoms with Gasteiger partial charge in [0.2, 0.25) is 0 Å². The number of nitrogens with zero attached hydrogens (tertiary/aromatic N) is 2. The first-order valence-corrected chi connectivity index (χ1v) is 6.82. The van der Waals surface area contributed by atoms with Crippen molar-refractivity contribution in [2.45, 2.75) is 46.0 Å². The lowest BCUT2D eigenvalue weighted by Crippen LogP contribution is -2.37. The maximum Gasteiger partial charge on any atom is 0.0683 e. The van der Waals surface area contributed by atoms with E-state index in [1.54, 1.807) is 0 Å². The molecule has 1 saturated heterocycles. The highest BCUT2D eigenvalue weighted by Crippen LogP contribution is 2.22. The van der Waals surface area contributed by atoms with Crippen LogP contribution in [-0.2, 0) is 0 Å². The number of nitriles is 1. The van der Waals surface area contributed by atoms with Crippen molar-refractivity contribution >= 4 is 0 Å². The summed E-state index contributed by atoms with van der Waals surface area (Å²) in [7, 11) is 0. The summed E-state index contributed by atoms with van der Waals surface area (Å²) in [5.41, 5.74) is -0.171. The maximum absolute atomic E-state index is 9.16. The van der Waals surface area contributed by atoms with Crippen LogP contribution in [0.25, 0.3) is 0 Å². The average molecular weight is 238 g/mol. The first kappa shape index (κ1) is 14.5. The van der Waals surface area contributed by atoms with Crippen LogP contribution in [0, 0.1) is 22.7 Å². The van der Waals surface area contributed by atoms with E-state index >= 15 is 0 Å². The van der Waals surface area contributed by atoms with Gasteiger partial charge in [-0.15, -0.1) is 0 Å². The maximum atomic E-state index is 9.16. The normalized spacial score (nSPS) is 22.4. The van der Waals surface area contributed by atoms with Crippen LogP contribution in [0.5, 0.6) is 0 Å². The summed E-state index contributed by atoms with van der Waals surface area (Å²) >= 11 is 0. The predicted molar refractivity (Wildman–Crippen MR) is 69.5 cm³/mol. The second-order valence-corrected chi connectivity index (χ2v) is 5.94. The molecule has 0 aromatic carbocycles. The number of piperidine rings is 1. The fourth-order valence-electron chi connectivity index (χ4n) is 2.46. The number of aliphatic hydroxyl groups is 1. The fraction of sp³-hybridized carbons (Fsp3) is 0.929. The molecule has 1 heterocycles. The van der Waals surface area contributed by atoms with Crippen LogP contribution in [0.2, 0.25) is 0 Å². The Morgan fingerprint density at radius 1 is 1.41 bits per heavy atom. The van der Waals surface area contributed by atoms with Gasteiger partial charge in [0.1, 0.15) is 0 Å². The molecule has 1 fully saturated rings. The second kappa shape index (κ2) is 6.98. The standard InChI is InChI=1S/C14H26N2O/c1-14(2,12-15)7-3-4-8-16-9-5-6-13(10-16)11-17/h13,17H,3-11H2,1-2H3. The van der Waals surface area contributed by atoms with Crippen LogP contribution in [-0.4, -0.2) is 36.2 Å². The zero-order chi connectivity index (χ0) is 12.7. The highest BCUT2D eigenvalue weighted by Gasteiger charge is 2.19. The fourth-order valence-corrected chi connectivity index (χ4v) is 2.46. The molecule has 1 N–H and O–H groups in total. The zero-order valence-electron chi connectivity index (χ0n) is 11.3. The Morgan fingerprint density at radius 2 is 2.18 bits per heavy atom. The minimum absolute atomic E-state index is 0.171. The molecule has 0 amide bonds. The molecular formula is C14H26N2O. The van der Waals surface area contributed by atoms with Gasteiger partial charge in [0, 0.05) is 13.2 Å². The van der Waals surface area contributed by atoms with Crippen molar-refractivity contribution in [1.29, 1.82) is 5.26 Å². The van der Waals surface area contributed by atoms with Gasteiger partial charge in [0.15, 0.2) is 0 Å². The lowest BCUT2D eigenvalue weighted by Gasteiger charge is -2.31. The number of hydrogen-bond acceptors (Lipinski definition) is 3. The Hall–Kier alpha value is -0.590. The Balaban J connectivity index is 2.12. The second-order valence-electron chi connectivity index (χ2n) is 5.94. The summed E-state index contributed by atoms with van der Waals surface area (Å²) in [4.78, 5) is 2.46. The average Bonchev–Trinajstić information content (AvgIpc) is 2.35. The molecule has 0 radical (unpaired) electrons. The SMILES string of the molecule is CC(C)(C#N)CCCCN1CCCC(CO)C1. The Morgan fingerprint density at radius 3 is 2.82 bits per heavy atom. The zero-order valence-corrected chi connectivity index (χ0v) is 11.3. The molecule has 1 unspecified atom stereocenters. The van der Waals surface area contributed by atoms with Crippen LogP contribution < -0.4 is 0 Å². The van der Waals surface area contributed by atoms with E-state index in [2.05, 4.69) is 11.0 Å². The number of unbranched alkanes of at least 4 members (excludes halogenated alkanes) is 1. The third-order valence-electron chi connectivity index (χ3n) is 3.69. The summed E-state index contributed by atoms with van der Waals surface area (Å²) in [5.74, 6) is 0.485. The van der Waals surface area contributed by atoms with E-state index in [-0.39, 0.29) is 5.41 Å². The molecule has 0 aliphatic carbocycles. The molecule has 1 atom stereocenters. The van der Waals surface area contributed by atoms with E-state index < -0.39 is 0 Å². The third kappa shape index (κ3) is 5.52. The van der Waals surface area contributed by atoms with Gasteiger partial charge in [-0.3, -0.25) is 0 Å². The van der Waals surface area contributed by atoms with Gasteiger partial charge < -0.3 is 10.0 Å². The van der Waals surface area contributed by atoms with Gasteiger partial charge >= 0.3 is 0 Å². The Bertz CT molecular complexity index is 257. The van der Waals surface area contributed by atoms with E-state index in [0.29, 0.717) is 12.5 Å². The van der Waals surface area contributed by atoms with E-state index in [9.17, 15) is 0 Å². The first-order chi connectivity index (χ1) is 8.07. The van der Waals surface area contributed by atoms with Gasteiger partial charge in [-0.1, -0.05) is 6.42 Å². The molecule has 1 rings (SSSR count). The van der Waals surface area contributed by atoms with E-state index in [4.69, 9.17) is 10.4 Å². The molecular weight excluding hydrogens is 212 g/mol. The summed E-state index contributed by atoms with van der Waals surface area (Å²) in [6.45, 7) is 7.71. The van der Waals surface area contributed by atoms with E-state index in [0.717, 1.165) is 25.9 Å². The monoisotopic (exact) mass is 238 g/mol. The predicted octanol–water partition coefficient (Wildman–Crippen LogP) is 2.41. The molecule has 1 aliphatic rings. The smallest absolute Gasteiger partial charge is 0.0683 e. The lowest BCUT2D eigenvalue weighted by atomic mass is 9.89. The van der Waals surface area contributed by atoms with Crippen LogP contribution in [0.15, 0.2) is 0 Å². The van der Waals surface area contributed by atoms with Gasteiger partial charge in [-0.05, 0) is 58.5 Å². The van der Waals surface area contributed by atoms with Crippen LogP contribution in [0.3, 0.4) is 0 Å². The van der Waals surface area contributed by atoms with Gasteiger partial charge in [-0.2, -0.15) is 5.26 Å². The topological polar surface area (TPSA) is 47.3 Å². The molecule has 98 valence electrons. The lowest BCUT2D eigenvalue weighted by molar-refractivity contribution is 0.118. The van der Waals surface area contributed by atoms with Crippen LogP contribution in [0.1, 0.15) is 46.0 Å². The molecule has 3 heteroatoms. The minimum atomic E-state index is -0.171. The summed E-state index contributed by atoms with van der Waals surface area (Å²) in [6, 6.07) is 2.35. The molecule has 0 spiro atoms. The molecule has 1 aliphatic heterocycles. The molecule has 0 aromatic rings. The quantitative estimate of drug-likeness (QED) is 0.723. The van der Waals surface area contributed by atoms with Crippen molar-refractivity contribution < 1.29 is 5.11 Å². The molecule has 3 nitrogen and oxygen atoms in total. The summed E-state index contributed by atoms with van der Waals surface area (Å²) < 4.78 is 0. The van der Waals surface area contributed by atoms with Gasteiger partial charge in [0.05, 0.1) is 11.5 Å². The Kier molecular flexibility index (Phi) is 5.94. The highest BCUT2D eigenvalue weighted by molar-refractivity contribution is 4.91. The largest absolute Gasteiger partial charge is 0.396 e. The highest BCUT2D eigenvalue weighted by atomic mass is 16.3. The first-order valence-electron chi connectivity index (χ1n) is 6.82. The van der Waals surface area contributed by atoms with Crippen LogP contribution >= 0.6 is 0 Å². The molecule has 17 heavy (non-hydrogen) atoms. The molecule has 0 bridgehead atoms. The van der Waals surface area contributed by atoms with Gasteiger partial charge in [0.25, 0.3) is 0 Å². The third-order valence-corrected chi connectivity index (χ3v) is 3.69. The van der Waals surface area contributed by atoms with Crippen LogP contribution in [0.4, 0.5) is 0 Å². The Labute approximate surface area is 105 Å². The van der Waals surface area contributed by atoms with E-state index in [1.165, 1.54) is 25.8 Å². The van der Waals surface area contributed by atoms with Gasteiger partial charge in [-0.25, -0.2) is 0 Å². The molecule has 0 saturated carbocycles. The number of rotatable bonds is 6. The van der Waals surface area contributed by atoms with Crippen molar-refractivity contribution in [3.05, 3.63) is 0 Å². The summed E-state index contributed by atoms with van der Waals surface area (Å²) in [6.07, 6.45) is 5.67. The number of aliphatic hydroxyl groups excluding tert-OH is 1. The van der Waals surface area contributed by atoms with Crippen molar-refractivity contribution in [2.75, 3.05) is 26.2 Å². The summed E-state index contributed by atoms with van der Waals surface area (Å²) in [5, 5.41) is 18.1.